The SMILES string of the molecule is O=C1CSC(=NN=Cc2ccccc2OCCCCn2ccnc2)N1. The van der Waals surface area contributed by atoms with E-state index in [-0.39, 0.29) is 5.91 Å². The minimum absolute atomic E-state index is 0.0432. The number of benzene rings is 1. The van der Waals surface area contributed by atoms with Gasteiger partial charge >= 0.3 is 0 Å². The predicted octanol–water partition coefficient (Wildman–Crippen LogP) is 2.30. The number of unbranched alkanes of at least 4 members (excludes halogenated alkanes) is 1. The highest BCUT2D eigenvalue weighted by Crippen LogP contribution is 2.17. The first-order valence-corrected chi connectivity index (χ1v) is 9.01. The fraction of sp³-hybridized carbons (Fsp3) is 0.294. The number of carbonyl (C=O) groups excluding carboxylic acids is 1. The predicted molar refractivity (Wildman–Crippen MR) is 99.0 cm³/mol. The number of carbonyl (C=O) groups is 1. The molecule has 0 saturated carbocycles. The highest BCUT2D eigenvalue weighted by molar-refractivity contribution is 8.15. The molecule has 2 aromatic rings. The second kappa shape index (κ2) is 9.03. The molecule has 1 amide bonds. The van der Waals surface area contributed by atoms with Gasteiger partial charge in [0.15, 0.2) is 5.17 Å². The summed E-state index contributed by atoms with van der Waals surface area (Å²) in [4.78, 5) is 15.1. The van der Waals surface area contributed by atoms with E-state index in [2.05, 4.69) is 25.1 Å². The number of nitrogens with zero attached hydrogens (tertiary/aromatic N) is 4. The Balaban J connectivity index is 1.47. The molecule has 3 rings (SSSR count). The van der Waals surface area contributed by atoms with Crippen LogP contribution >= 0.6 is 11.8 Å². The number of nitrogens with one attached hydrogen (secondary N) is 1. The van der Waals surface area contributed by atoms with Gasteiger partial charge in [0.05, 0.1) is 24.9 Å². The lowest BCUT2D eigenvalue weighted by Crippen LogP contribution is -2.19. The van der Waals surface area contributed by atoms with Gasteiger partial charge in [-0.1, -0.05) is 23.9 Å². The largest absolute Gasteiger partial charge is 0.493 e. The smallest absolute Gasteiger partial charge is 0.236 e. The molecule has 1 aromatic carbocycles. The number of amidine groups is 1. The molecule has 0 aliphatic carbocycles. The fourth-order valence-corrected chi connectivity index (χ4v) is 2.87. The molecule has 1 saturated heterocycles. The molecule has 0 atom stereocenters. The van der Waals surface area contributed by atoms with E-state index >= 15 is 0 Å². The van der Waals surface area contributed by atoms with Gasteiger partial charge < -0.3 is 14.6 Å². The Bertz CT molecular complexity index is 758. The van der Waals surface area contributed by atoms with E-state index in [0.29, 0.717) is 17.5 Å². The second-order valence-electron chi connectivity index (χ2n) is 5.38. The lowest BCUT2D eigenvalue weighted by Gasteiger charge is -2.08. The van der Waals surface area contributed by atoms with Crippen molar-refractivity contribution in [1.29, 1.82) is 0 Å². The van der Waals surface area contributed by atoms with Crippen LogP contribution < -0.4 is 10.1 Å². The zero-order chi connectivity index (χ0) is 17.3. The number of hydrogen-bond acceptors (Lipinski definition) is 6. The first kappa shape index (κ1) is 17.2. The molecule has 1 aromatic heterocycles. The third kappa shape index (κ3) is 5.46. The minimum atomic E-state index is -0.0432. The fourth-order valence-electron chi connectivity index (χ4n) is 2.24. The summed E-state index contributed by atoms with van der Waals surface area (Å²) in [7, 11) is 0. The molecule has 1 aliphatic heterocycles. The highest BCUT2D eigenvalue weighted by Gasteiger charge is 2.15. The first-order chi connectivity index (χ1) is 12.3. The normalized spacial score (nSPS) is 15.8. The van der Waals surface area contributed by atoms with Crippen molar-refractivity contribution < 1.29 is 9.53 Å². The Kier molecular flexibility index (Phi) is 6.22. The zero-order valence-corrected chi connectivity index (χ0v) is 14.5. The third-order valence-electron chi connectivity index (χ3n) is 3.48. The molecule has 8 heteroatoms. The van der Waals surface area contributed by atoms with E-state index in [1.54, 1.807) is 12.4 Å². The molecular formula is C17H19N5O2S. The summed E-state index contributed by atoms with van der Waals surface area (Å²) in [6.45, 7) is 1.58. The average Bonchev–Trinajstić information content (AvgIpc) is 3.28. The second-order valence-corrected chi connectivity index (χ2v) is 6.34. The number of rotatable bonds is 8. The lowest BCUT2D eigenvalue weighted by atomic mass is 10.2. The molecule has 0 bridgehead atoms. The molecule has 1 aliphatic rings. The van der Waals surface area contributed by atoms with Gasteiger partial charge in [-0.15, -0.1) is 5.10 Å². The summed E-state index contributed by atoms with van der Waals surface area (Å²) < 4.78 is 7.91. The van der Waals surface area contributed by atoms with Gasteiger partial charge in [-0.3, -0.25) is 4.79 Å². The molecule has 130 valence electrons. The molecule has 2 heterocycles. The van der Waals surface area contributed by atoms with Crippen LogP contribution in [0.15, 0.2) is 53.2 Å². The lowest BCUT2D eigenvalue weighted by molar-refractivity contribution is -0.116. The van der Waals surface area contributed by atoms with E-state index < -0.39 is 0 Å². The summed E-state index contributed by atoms with van der Waals surface area (Å²) in [6.07, 6.45) is 9.17. The number of imidazole rings is 1. The van der Waals surface area contributed by atoms with Crippen LogP contribution in [-0.4, -0.2) is 39.2 Å². The number of aromatic nitrogens is 2. The van der Waals surface area contributed by atoms with Crippen LogP contribution in [0.5, 0.6) is 5.75 Å². The van der Waals surface area contributed by atoms with E-state index in [9.17, 15) is 4.79 Å². The number of para-hydroxylation sites is 1. The van der Waals surface area contributed by atoms with Crippen LogP contribution in [-0.2, 0) is 11.3 Å². The van der Waals surface area contributed by atoms with E-state index in [0.717, 1.165) is 30.7 Å². The van der Waals surface area contributed by atoms with Gasteiger partial charge in [0.1, 0.15) is 5.75 Å². The maximum atomic E-state index is 11.1. The van der Waals surface area contributed by atoms with Crippen molar-refractivity contribution in [3.63, 3.8) is 0 Å². The Morgan fingerprint density at radius 2 is 2.28 bits per heavy atom. The standard InChI is InChI=1S/C17H19N5O2S/c23-16-12-25-17(20-16)21-19-11-14-5-1-2-6-15(14)24-10-4-3-8-22-9-7-18-13-22/h1-2,5-7,9,11,13H,3-4,8,10,12H2,(H,20,21,23). The van der Waals surface area contributed by atoms with Crippen molar-refractivity contribution in [3.05, 3.63) is 48.5 Å². The molecule has 0 unspecified atom stereocenters. The van der Waals surface area contributed by atoms with E-state index in [1.807, 2.05) is 36.8 Å². The molecule has 0 spiro atoms. The summed E-state index contributed by atoms with van der Waals surface area (Å²) in [5.74, 6) is 1.13. The summed E-state index contributed by atoms with van der Waals surface area (Å²) >= 11 is 1.35. The Morgan fingerprint density at radius 1 is 1.36 bits per heavy atom. The number of ether oxygens (including phenoxy) is 1. The van der Waals surface area contributed by atoms with Crippen LogP contribution in [0.1, 0.15) is 18.4 Å². The van der Waals surface area contributed by atoms with Gasteiger partial charge in [-0.05, 0) is 25.0 Å². The minimum Gasteiger partial charge on any atom is -0.493 e. The van der Waals surface area contributed by atoms with Gasteiger partial charge in [0.2, 0.25) is 5.91 Å². The number of hydrogen-bond donors (Lipinski definition) is 1. The molecule has 7 nitrogen and oxygen atoms in total. The molecule has 25 heavy (non-hydrogen) atoms. The Labute approximate surface area is 150 Å². The maximum absolute atomic E-state index is 11.1. The molecule has 0 radical (unpaired) electrons. The van der Waals surface area contributed by atoms with Gasteiger partial charge in [-0.2, -0.15) is 5.10 Å². The molecular weight excluding hydrogens is 338 g/mol. The number of thioether (sulfide) groups is 1. The first-order valence-electron chi connectivity index (χ1n) is 8.02. The van der Waals surface area contributed by atoms with Crippen LogP contribution in [0.25, 0.3) is 0 Å². The Hall–Kier alpha value is -2.61. The Morgan fingerprint density at radius 3 is 3.08 bits per heavy atom. The summed E-state index contributed by atoms with van der Waals surface area (Å²) in [5.41, 5.74) is 0.857. The monoisotopic (exact) mass is 357 g/mol. The van der Waals surface area contributed by atoms with Crippen molar-refractivity contribution in [2.24, 2.45) is 10.2 Å². The summed E-state index contributed by atoms with van der Waals surface area (Å²) in [6, 6.07) is 7.69. The van der Waals surface area contributed by atoms with Crippen molar-refractivity contribution in [3.8, 4) is 5.75 Å². The van der Waals surface area contributed by atoms with E-state index in [4.69, 9.17) is 4.74 Å². The molecule has 1 N–H and O–H groups in total. The number of aryl methyl sites for hydroxylation is 1. The van der Waals surface area contributed by atoms with Crippen LogP contribution in [0.3, 0.4) is 0 Å². The van der Waals surface area contributed by atoms with Crippen molar-refractivity contribution >= 4 is 29.1 Å². The topological polar surface area (TPSA) is 80.9 Å². The number of amides is 1. The van der Waals surface area contributed by atoms with Crippen LogP contribution in [0.2, 0.25) is 0 Å². The third-order valence-corrected chi connectivity index (χ3v) is 4.34. The van der Waals surface area contributed by atoms with Crippen molar-refractivity contribution in [2.45, 2.75) is 19.4 Å². The van der Waals surface area contributed by atoms with Crippen molar-refractivity contribution in [1.82, 2.24) is 14.9 Å². The van der Waals surface area contributed by atoms with Crippen LogP contribution in [0, 0.1) is 0 Å². The zero-order valence-electron chi connectivity index (χ0n) is 13.7. The van der Waals surface area contributed by atoms with Crippen molar-refractivity contribution in [2.75, 3.05) is 12.4 Å². The molecule has 1 fully saturated rings. The highest BCUT2D eigenvalue weighted by atomic mass is 32.2. The van der Waals surface area contributed by atoms with Gasteiger partial charge in [-0.25, -0.2) is 4.98 Å². The maximum Gasteiger partial charge on any atom is 0.236 e. The quantitative estimate of drug-likeness (QED) is 0.446. The summed E-state index contributed by atoms with van der Waals surface area (Å²) in [5, 5.41) is 11.2. The van der Waals surface area contributed by atoms with E-state index in [1.165, 1.54) is 11.8 Å². The van der Waals surface area contributed by atoms with Gasteiger partial charge in [0.25, 0.3) is 0 Å². The average molecular weight is 357 g/mol. The van der Waals surface area contributed by atoms with Gasteiger partial charge in [0, 0.05) is 24.5 Å². The van der Waals surface area contributed by atoms with Crippen LogP contribution in [0.4, 0.5) is 0 Å².